The number of nitrogens with one attached hydrogen (secondary N) is 1. The Hall–Kier alpha value is -3.43. The number of anilines is 2. The molecule has 1 fully saturated rings. The van der Waals surface area contributed by atoms with Crippen LogP contribution >= 0.6 is 11.3 Å². The SMILES string of the molecule is CC(C)S(=O)(=O)c1ccnc2cc(-c3ccccn3)nc(Nc3ccc4nc(C5CC5)sc4c3)c12. The Morgan fingerprint density at radius 3 is 2.54 bits per heavy atom. The molecule has 1 aliphatic rings. The molecule has 0 unspecified atom stereocenters. The maximum atomic E-state index is 13.3. The van der Waals surface area contributed by atoms with Gasteiger partial charge in [-0.15, -0.1) is 11.3 Å². The van der Waals surface area contributed by atoms with Gasteiger partial charge >= 0.3 is 0 Å². The number of hydrogen-bond donors (Lipinski definition) is 1. The third-order valence-electron chi connectivity index (χ3n) is 6.13. The average molecular weight is 502 g/mol. The fraction of sp³-hybridized carbons (Fsp3) is 0.231. The van der Waals surface area contributed by atoms with Crippen LogP contribution in [0.3, 0.4) is 0 Å². The molecule has 0 saturated heterocycles. The Kier molecular flexibility index (Phi) is 5.26. The van der Waals surface area contributed by atoms with Crippen LogP contribution in [0.4, 0.5) is 11.5 Å². The summed E-state index contributed by atoms with van der Waals surface area (Å²) in [4.78, 5) is 18.7. The predicted molar refractivity (Wildman–Crippen MR) is 140 cm³/mol. The monoisotopic (exact) mass is 501 g/mol. The van der Waals surface area contributed by atoms with E-state index in [0.29, 0.717) is 34.0 Å². The molecule has 0 atom stereocenters. The van der Waals surface area contributed by atoms with Crippen LogP contribution in [0.25, 0.3) is 32.5 Å². The highest BCUT2D eigenvalue weighted by Crippen LogP contribution is 2.43. The normalized spacial score (nSPS) is 14.1. The van der Waals surface area contributed by atoms with Crippen LogP contribution in [-0.4, -0.2) is 33.6 Å². The highest BCUT2D eigenvalue weighted by atomic mass is 32.2. The summed E-state index contributed by atoms with van der Waals surface area (Å²) in [6.45, 7) is 3.36. The standard InChI is InChI=1S/C26H23N5O2S2/c1-15(2)35(32,33)23-10-12-28-21-14-20(18-5-3-4-11-27-18)30-25(24(21)23)29-17-8-9-19-22(13-17)34-26(31-19)16-6-7-16/h3-5,8-16H,6-7H2,1-2H3,(H,29,30). The Morgan fingerprint density at radius 1 is 0.943 bits per heavy atom. The zero-order chi connectivity index (χ0) is 24.2. The molecule has 0 amide bonds. The molecule has 7 nitrogen and oxygen atoms in total. The smallest absolute Gasteiger partial charge is 0.181 e. The van der Waals surface area contributed by atoms with Crippen LogP contribution in [0.2, 0.25) is 0 Å². The van der Waals surface area contributed by atoms with Gasteiger partial charge in [0.1, 0.15) is 5.82 Å². The molecular weight excluding hydrogens is 478 g/mol. The molecule has 1 N–H and O–H groups in total. The molecule has 9 heteroatoms. The van der Waals surface area contributed by atoms with Crippen molar-refractivity contribution in [3.8, 4) is 11.4 Å². The fourth-order valence-corrected chi connectivity index (χ4v) is 6.45. The van der Waals surface area contributed by atoms with E-state index in [2.05, 4.69) is 15.3 Å². The van der Waals surface area contributed by atoms with Crippen molar-refractivity contribution in [3.05, 3.63) is 65.9 Å². The molecule has 1 saturated carbocycles. The van der Waals surface area contributed by atoms with Gasteiger partial charge < -0.3 is 5.32 Å². The number of fused-ring (bicyclic) bond motifs is 2. The Labute approximate surface area is 207 Å². The molecule has 35 heavy (non-hydrogen) atoms. The van der Waals surface area contributed by atoms with E-state index in [1.54, 1.807) is 43.5 Å². The Balaban J connectivity index is 1.53. The lowest BCUT2D eigenvalue weighted by Gasteiger charge is -2.15. The molecule has 6 rings (SSSR count). The maximum Gasteiger partial charge on any atom is 0.181 e. The molecule has 176 valence electrons. The van der Waals surface area contributed by atoms with E-state index < -0.39 is 15.1 Å². The molecular formula is C26H23N5O2S2. The van der Waals surface area contributed by atoms with E-state index in [1.165, 1.54) is 24.0 Å². The molecule has 4 heterocycles. The Bertz CT molecular complexity index is 1680. The minimum Gasteiger partial charge on any atom is -0.340 e. The number of aromatic nitrogens is 4. The lowest BCUT2D eigenvalue weighted by Crippen LogP contribution is -2.15. The molecule has 0 bridgehead atoms. The van der Waals surface area contributed by atoms with E-state index in [-0.39, 0.29) is 4.90 Å². The summed E-state index contributed by atoms with van der Waals surface area (Å²) >= 11 is 1.72. The minimum absolute atomic E-state index is 0.218. The van der Waals surface area contributed by atoms with Crippen LogP contribution < -0.4 is 5.32 Å². The van der Waals surface area contributed by atoms with E-state index in [4.69, 9.17) is 9.97 Å². The number of nitrogens with zero attached hydrogens (tertiary/aromatic N) is 4. The Morgan fingerprint density at radius 2 is 1.80 bits per heavy atom. The minimum atomic E-state index is -3.57. The second kappa shape index (κ2) is 8.35. The molecule has 1 aromatic carbocycles. The van der Waals surface area contributed by atoms with Gasteiger partial charge in [-0.05, 0) is 69.2 Å². The summed E-state index contributed by atoms with van der Waals surface area (Å²) in [7, 11) is -3.57. The second-order valence-corrected chi connectivity index (χ2v) is 12.5. The first kappa shape index (κ1) is 22.1. The van der Waals surface area contributed by atoms with Crippen molar-refractivity contribution in [3.63, 3.8) is 0 Å². The summed E-state index contributed by atoms with van der Waals surface area (Å²) < 4.78 is 27.6. The summed E-state index contributed by atoms with van der Waals surface area (Å²) in [5.74, 6) is 1.03. The topological polar surface area (TPSA) is 97.7 Å². The van der Waals surface area contributed by atoms with Crippen molar-refractivity contribution in [2.45, 2.75) is 42.8 Å². The van der Waals surface area contributed by atoms with Crippen molar-refractivity contribution in [1.82, 2.24) is 19.9 Å². The largest absolute Gasteiger partial charge is 0.340 e. The summed E-state index contributed by atoms with van der Waals surface area (Å²) in [5.41, 5.74) is 3.63. The van der Waals surface area contributed by atoms with Crippen LogP contribution in [0.1, 0.15) is 37.6 Å². The van der Waals surface area contributed by atoms with Crippen molar-refractivity contribution < 1.29 is 8.42 Å². The van der Waals surface area contributed by atoms with Gasteiger partial charge in [0.2, 0.25) is 0 Å². The molecule has 0 aliphatic heterocycles. The van der Waals surface area contributed by atoms with Gasteiger partial charge in [0, 0.05) is 24.0 Å². The highest BCUT2D eigenvalue weighted by Gasteiger charge is 2.27. The molecule has 0 spiro atoms. The van der Waals surface area contributed by atoms with Crippen LogP contribution in [0.5, 0.6) is 0 Å². The van der Waals surface area contributed by atoms with Gasteiger partial charge in [-0.25, -0.2) is 18.4 Å². The highest BCUT2D eigenvalue weighted by molar-refractivity contribution is 7.92. The van der Waals surface area contributed by atoms with Gasteiger partial charge in [-0.3, -0.25) is 9.97 Å². The van der Waals surface area contributed by atoms with Crippen LogP contribution in [0, 0.1) is 0 Å². The third kappa shape index (κ3) is 4.04. The van der Waals surface area contributed by atoms with E-state index in [1.807, 2.05) is 36.4 Å². The number of thiazole rings is 1. The van der Waals surface area contributed by atoms with Gasteiger partial charge in [0.05, 0.1) is 47.7 Å². The van der Waals surface area contributed by atoms with E-state index in [9.17, 15) is 8.42 Å². The molecule has 4 aromatic heterocycles. The predicted octanol–water partition coefficient (Wildman–Crippen LogP) is 6.10. The number of hydrogen-bond acceptors (Lipinski definition) is 8. The van der Waals surface area contributed by atoms with Crippen LogP contribution in [0.15, 0.2) is 65.8 Å². The fourth-order valence-electron chi connectivity index (χ4n) is 4.03. The van der Waals surface area contributed by atoms with Crippen molar-refractivity contribution in [2.75, 3.05) is 5.32 Å². The zero-order valence-electron chi connectivity index (χ0n) is 19.3. The van der Waals surface area contributed by atoms with Crippen molar-refractivity contribution >= 4 is 53.8 Å². The van der Waals surface area contributed by atoms with Crippen molar-refractivity contribution in [2.24, 2.45) is 0 Å². The van der Waals surface area contributed by atoms with Crippen molar-refractivity contribution in [1.29, 1.82) is 0 Å². The summed E-state index contributed by atoms with van der Waals surface area (Å²) in [6.07, 6.45) is 5.66. The maximum absolute atomic E-state index is 13.3. The average Bonchev–Trinajstić information content (AvgIpc) is 3.63. The molecule has 1 aliphatic carbocycles. The third-order valence-corrected chi connectivity index (χ3v) is 9.51. The first-order valence-electron chi connectivity index (χ1n) is 11.5. The van der Waals surface area contributed by atoms with Gasteiger partial charge in [0.15, 0.2) is 9.84 Å². The number of sulfone groups is 1. The van der Waals surface area contributed by atoms with Crippen LogP contribution in [-0.2, 0) is 9.84 Å². The number of pyridine rings is 3. The summed E-state index contributed by atoms with van der Waals surface area (Å²) in [6, 6.07) is 14.9. The number of benzene rings is 1. The lowest BCUT2D eigenvalue weighted by molar-refractivity contribution is 0.588. The van der Waals surface area contributed by atoms with Gasteiger partial charge in [-0.1, -0.05) is 6.07 Å². The van der Waals surface area contributed by atoms with E-state index in [0.717, 1.165) is 15.9 Å². The van der Waals surface area contributed by atoms with E-state index >= 15 is 0 Å². The lowest BCUT2D eigenvalue weighted by atomic mass is 10.1. The first-order chi connectivity index (χ1) is 16.9. The zero-order valence-corrected chi connectivity index (χ0v) is 20.9. The molecule has 5 aromatic rings. The second-order valence-electron chi connectivity index (χ2n) is 9.00. The van der Waals surface area contributed by atoms with Gasteiger partial charge in [-0.2, -0.15) is 0 Å². The quantitative estimate of drug-likeness (QED) is 0.300. The van der Waals surface area contributed by atoms with Gasteiger partial charge in [0.25, 0.3) is 0 Å². The summed E-state index contributed by atoms with van der Waals surface area (Å²) in [5, 5.41) is 4.48. The first-order valence-corrected chi connectivity index (χ1v) is 13.9. The number of rotatable bonds is 6. The molecule has 0 radical (unpaired) electrons.